The summed E-state index contributed by atoms with van der Waals surface area (Å²) in [7, 11) is 0. The van der Waals surface area contributed by atoms with Gasteiger partial charge in [0.25, 0.3) is 0 Å². The maximum atomic E-state index is 12.9. The van der Waals surface area contributed by atoms with E-state index in [0.29, 0.717) is 11.6 Å². The SMILES string of the molecule is Cc1cc(F)ccc1NC(=O)C(C)C1CNC1. The lowest BCUT2D eigenvalue weighted by molar-refractivity contribution is -0.121. The number of amides is 1. The first-order valence-corrected chi connectivity index (χ1v) is 5.85. The summed E-state index contributed by atoms with van der Waals surface area (Å²) in [5.41, 5.74) is 1.44. The van der Waals surface area contributed by atoms with Gasteiger partial charge in [0.2, 0.25) is 5.91 Å². The van der Waals surface area contributed by atoms with Crippen LogP contribution in [0.25, 0.3) is 0 Å². The van der Waals surface area contributed by atoms with Crippen LogP contribution in [-0.2, 0) is 4.79 Å². The van der Waals surface area contributed by atoms with Crippen molar-refractivity contribution in [2.24, 2.45) is 11.8 Å². The predicted molar refractivity (Wildman–Crippen MR) is 65.3 cm³/mol. The minimum Gasteiger partial charge on any atom is -0.326 e. The van der Waals surface area contributed by atoms with E-state index in [2.05, 4.69) is 10.6 Å². The summed E-state index contributed by atoms with van der Waals surface area (Å²) < 4.78 is 12.9. The molecule has 0 radical (unpaired) electrons. The van der Waals surface area contributed by atoms with E-state index in [-0.39, 0.29) is 17.6 Å². The zero-order chi connectivity index (χ0) is 12.4. The Labute approximate surface area is 100 Å². The van der Waals surface area contributed by atoms with Gasteiger partial charge in [0, 0.05) is 11.6 Å². The molecule has 0 spiro atoms. The van der Waals surface area contributed by atoms with Crippen LogP contribution in [0.5, 0.6) is 0 Å². The average Bonchev–Trinajstić information content (AvgIpc) is 2.19. The van der Waals surface area contributed by atoms with Gasteiger partial charge in [-0.05, 0) is 49.7 Å². The second-order valence-corrected chi connectivity index (χ2v) is 4.66. The van der Waals surface area contributed by atoms with Gasteiger partial charge in [0.1, 0.15) is 5.82 Å². The number of aryl methyl sites for hydroxylation is 1. The minimum atomic E-state index is -0.281. The Morgan fingerprint density at radius 1 is 1.53 bits per heavy atom. The van der Waals surface area contributed by atoms with Crippen molar-refractivity contribution >= 4 is 11.6 Å². The molecule has 0 aliphatic carbocycles. The number of rotatable bonds is 3. The maximum Gasteiger partial charge on any atom is 0.227 e. The number of anilines is 1. The van der Waals surface area contributed by atoms with Crippen molar-refractivity contribution in [3.63, 3.8) is 0 Å². The zero-order valence-corrected chi connectivity index (χ0v) is 10.1. The van der Waals surface area contributed by atoms with Gasteiger partial charge in [-0.25, -0.2) is 4.39 Å². The Morgan fingerprint density at radius 2 is 2.24 bits per heavy atom. The molecule has 1 heterocycles. The Morgan fingerprint density at radius 3 is 2.76 bits per heavy atom. The van der Waals surface area contributed by atoms with E-state index in [1.54, 1.807) is 13.0 Å². The molecule has 1 fully saturated rings. The molecule has 1 saturated heterocycles. The third-order valence-corrected chi connectivity index (χ3v) is 3.38. The highest BCUT2D eigenvalue weighted by Gasteiger charge is 2.28. The molecule has 0 bridgehead atoms. The van der Waals surface area contributed by atoms with Gasteiger partial charge >= 0.3 is 0 Å². The smallest absolute Gasteiger partial charge is 0.227 e. The van der Waals surface area contributed by atoms with Gasteiger partial charge in [-0.1, -0.05) is 6.92 Å². The molecule has 1 aromatic rings. The first kappa shape index (κ1) is 12.0. The standard InChI is InChI=1S/C13H17FN2O/c1-8-5-11(14)3-4-12(8)16-13(17)9(2)10-6-15-7-10/h3-5,9-10,15H,6-7H2,1-2H3,(H,16,17). The van der Waals surface area contributed by atoms with Crippen LogP contribution in [-0.4, -0.2) is 19.0 Å². The van der Waals surface area contributed by atoms with E-state index in [0.717, 1.165) is 18.7 Å². The van der Waals surface area contributed by atoms with Crippen LogP contribution in [0.15, 0.2) is 18.2 Å². The minimum absolute atomic E-state index is 0.00575. The number of nitrogens with one attached hydrogen (secondary N) is 2. The van der Waals surface area contributed by atoms with E-state index in [9.17, 15) is 9.18 Å². The Kier molecular flexibility index (Phi) is 3.43. The van der Waals surface area contributed by atoms with Crippen molar-refractivity contribution < 1.29 is 9.18 Å². The Hall–Kier alpha value is -1.42. The molecular formula is C13H17FN2O. The second kappa shape index (κ2) is 4.84. The van der Waals surface area contributed by atoms with Crippen molar-refractivity contribution in [2.75, 3.05) is 18.4 Å². The summed E-state index contributed by atoms with van der Waals surface area (Å²) in [5, 5.41) is 6.00. The van der Waals surface area contributed by atoms with Gasteiger partial charge in [0.05, 0.1) is 0 Å². The molecule has 0 saturated carbocycles. The summed E-state index contributed by atoms with van der Waals surface area (Å²) in [6, 6.07) is 4.39. The molecule has 1 atom stereocenters. The highest BCUT2D eigenvalue weighted by molar-refractivity contribution is 5.93. The number of carbonyl (C=O) groups excluding carboxylic acids is 1. The lowest BCUT2D eigenvalue weighted by atomic mass is 9.88. The molecule has 1 aliphatic heterocycles. The van der Waals surface area contributed by atoms with Crippen LogP contribution in [0.1, 0.15) is 12.5 Å². The molecule has 1 amide bonds. The van der Waals surface area contributed by atoms with Crippen LogP contribution in [0.4, 0.5) is 10.1 Å². The maximum absolute atomic E-state index is 12.9. The third-order valence-electron chi connectivity index (χ3n) is 3.38. The lowest BCUT2D eigenvalue weighted by Crippen LogP contribution is -2.48. The number of benzene rings is 1. The van der Waals surface area contributed by atoms with Gasteiger partial charge in [-0.3, -0.25) is 4.79 Å². The summed E-state index contributed by atoms with van der Waals surface area (Å²) in [6.45, 7) is 5.52. The Balaban J connectivity index is 2.02. The van der Waals surface area contributed by atoms with E-state index >= 15 is 0 Å². The Bertz CT molecular complexity index is 429. The second-order valence-electron chi connectivity index (χ2n) is 4.66. The van der Waals surface area contributed by atoms with Crippen molar-refractivity contribution in [1.29, 1.82) is 0 Å². The molecule has 3 nitrogen and oxygen atoms in total. The molecule has 4 heteroatoms. The average molecular weight is 236 g/mol. The number of hydrogen-bond donors (Lipinski definition) is 2. The normalized spacial score (nSPS) is 17.4. The van der Waals surface area contributed by atoms with E-state index < -0.39 is 0 Å². The van der Waals surface area contributed by atoms with E-state index in [1.165, 1.54) is 12.1 Å². The fourth-order valence-corrected chi connectivity index (χ4v) is 1.89. The predicted octanol–water partition coefficient (Wildman–Crippen LogP) is 1.93. The molecule has 0 aromatic heterocycles. The van der Waals surface area contributed by atoms with Gasteiger partial charge in [-0.15, -0.1) is 0 Å². The van der Waals surface area contributed by atoms with E-state index in [1.807, 2.05) is 6.92 Å². The first-order valence-electron chi connectivity index (χ1n) is 5.85. The highest BCUT2D eigenvalue weighted by Crippen LogP contribution is 2.20. The van der Waals surface area contributed by atoms with Gasteiger partial charge in [0.15, 0.2) is 0 Å². The number of hydrogen-bond acceptors (Lipinski definition) is 2. The fourth-order valence-electron chi connectivity index (χ4n) is 1.89. The molecule has 92 valence electrons. The molecule has 1 aliphatic rings. The van der Waals surface area contributed by atoms with Gasteiger partial charge in [-0.2, -0.15) is 0 Å². The van der Waals surface area contributed by atoms with Crippen LogP contribution in [0, 0.1) is 24.6 Å². The van der Waals surface area contributed by atoms with Crippen molar-refractivity contribution in [2.45, 2.75) is 13.8 Å². The lowest BCUT2D eigenvalue weighted by Gasteiger charge is -2.31. The quantitative estimate of drug-likeness (QED) is 0.842. The number of carbonyl (C=O) groups is 1. The summed E-state index contributed by atoms with van der Waals surface area (Å²) >= 11 is 0. The molecule has 1 aromatic carbocycles. The first-order chi connectivity index (χ1) is 8.08. The number of halogens is 1. The summed E-state index contributed by atoms with van der Waals surface area (Å²) in [6.07, 6.45) is 0. The van der Waals surface area contributed by atoms with Gasteiger partial charge < -0.3 is 10.6 Å². The van der Waals surface area contributed by atoms with Crippen molar-refractivity contribution in [3.8, 4) is 0 Å². The summed E-state index contributed by atoms with van der Waals surface area (Å²) in [5.74, 6) is 0.124. The monoisotopic (exact) mass is 236 g/mol. The topological polar surface area (TPSA) is 41.1 Å². The molecule has 2 N–H and O–H groups in total. The third kappa shape index (κ3) is 2.64. The van der Waals surface area contributed by atoms with Crippen LogP contribution in [0.2, 0.25) is 0 Å². The molecule has 2 rings (SSSR count). The highest BCUT2D eigenvalue weighted by atomic mass is 19.1. The largest absolute Gasteiger partial charge is 0.326 e. The summed E-state index contributed by atoms with van der Waals surface area (Å²) in [4.78, 5) is 12.0. The van der Waals surface area contributed by atoms with Crippen molar-refractivity contribution in [1.82, 2.24) is 5.32 Å². The molecular weight excluding hydrogens is 219 g/mol. The molecule has 17 heavy (non-hydrogen) atoms. The zero-order valence-electron chi connectivity index (χ0n) is 10.1. The van der Waals surface area contributed by atoms with Crippen LogP contribution < -0.4 is 10.6 Å². The van der Waals surface area contributed by atoms with Crippen LogP contribution in [0.3, 0.4) is 0 Å². The van der Waals surface area contributed by atoms with Crippen molar-refractivity contribution in [3.05, 3.63) is 29.6 Å². The van der Waals surface area contributed by atoms with E-state index in [4.69, 9.17) is 0 Å². The fraction of sp³-hybridized carbons (Fsp3) is 0.462. The van der Waals surface area contributed by atoms with Crippen LogP contribution >= 0.6 is 0 Å². The molecule has 1 unspecified atom stereocenters.